The molecule has 0 radical (unpaired) electrons. The van der Waals surface area contributed by atoms with Gasteiger partial charge >= 0.3 is 0 Å². The molecule has 2 N–H and O–H groups in total. The second-order valence-electron chi connectivity index (χ2n) is 8.33. The minimum absolute atomic E-state index is 0.292. The molecule has 0 aromatic carbocycles. The standard InChI is InChI=1S/C17H18N2OS2.C5H13N.C2H2/c20-9-14-16-15-12(10-21-8-7-18-16)11-5-3-1-2-4-6-13(11)19-17(15)22-14;1-5(2,3)6-4;1-2/h7-9,18H,1-6,10H2;6H,1-4H3;1-2H/b8-7-;;. The summed E-state index contributed by atoms with van der Waals surface area (Å²) >= 11 is 3.33. The van der Waals surface area contributed by atoms with Gasteiger partial charge in [0.15, 0.2) is 6.29 Å². The molecule has 1 aliphatic carbocycles. The summed E-state index contributed by atoms with van der Waals surface area (Å²) in [4.78, 5) is 18.2. The normalized spacial score (nSPS) is 16.6. The summed E-state index contributed by atoms with van der Waals surface area (Å²) in [5.74, 6) is 0.974. The van der Waals surface area contributed by atoms with Gasteiger partial charge < -0.3 is 10.6 Å². The second-order valence-corrected chi connectivity index (χ2v) is 10.3. The molecule has 3 heterocycles. The highest BCUT2D eigenvalue weighted by Crippen LogP contribution is 2.41. The predicted octanol–water partition coefficient (Wildman–Crippen LogP) is 6.15. The van der Waals surface area contributed by atoms with Crippen LogP contribution in [0.15, 0.2) is 11.6 Å². The van der Waals surface area contributed by atoms with E-state index in [2.05, 4.69) is 49.7 Å². The number of thioether (sulfide) groups is 1. The van der Waals surface area contributed by atoms with Gasteiger partial charge in [0.1, 0.15) is 4.83 Å². The molecule has 0 saturated carbocycles. The second kappa shape index (κ2) is 11.5. The number of nitrogens with zero attached hydrogens (tertiary/aromatic N) is 1. The van der Waals surface area contributed by atoms with E-state index in [1.165, 1.54) is 59.2 Å². The zero-order valence-corrected chi connectivity index (χ0v) is 20.1. The lowest BCUT2D eigenvalue weighted by atomic mass is 9.92. The van der Waals surface area contributed by atoms with Crippen LogP contribution in [-0.2, 0) is 18.6 Å². The summed E-state index contributed by atoms with van der Waals surface area (Å²) in [6, 6.07) is 0. The van der Waals surface area contributed by atoms with Crippen molar-refractivity contribution < 1.29 is 4.79 Å². The number of anilines is 1. The van der Waals surface area contributed by atoms with Crippen LogP contribution in [0.1, 0.15) is 72.9 Å². The Bertz CT molecular complexity index is 907. The molecule has 1 aliphatic heterocycles. The molecular weight excluding hydrogens is 410 g/mol. The summed E-state index contributed by atoms with van der Waals surface area (Å²) in [7, 11) is 1.96. The Balaban J connectivity index is 0.000000348. The molecule has 6 heteroatoms. The van der Waals surface area contributed by atoms with Gasteiger partial charge in [-0.05, 0) is 70.0 Å². The quantitative estimate of drug-likeness (QED) is 0.409. The van der Waals surface area contributed by atoms with Gasteiger partial charge in [0.25, 0.3) is 0 Å². The molecule has 4 rings (SSSR count). The fourth-order valence-electron chi connectivity index (χ4n) is 3.44. The third-order valence-electron chi connectivity index (χ3n) is 5.23. The molecule has 0 spiro atoms. The van der Waals surface area contributed by atoms with Crippen LogP contribution in [0.3, 0.4) is 0 Å². The van der Waals surface area contributed by atoms with E-state index in [0.29, 0.717) is 5.54 Å². The van der Waals surface area contributed by atoms with Crippen LogP contribution in [0.4, 0.5) is 5.69 Å². The van der Waals surface area contributed by atoms with Crippen LogP contribution in [0.2, 0.25) is 0 Å². The average molecular weight is 444 g/mol. The van der Waals surface area contributed by atoms with Crippen molar-refractivity contribution in [1.29, 1.82) is 0 Å². The molecule has 30 heavy (non-hydrogen) atoms. The molecule has 2 aliphatic rings. The van der Waals surface area contributed by atoms with E-state index in [1.807, 2.05) is 25.0 Å². The van der Waals surface area contributed by atoms with Crippen molar-refractivity contribution in [2.45, 2.75) is 70.6 Å². The Morgan fingerprint density at radius 1 is 1.13 bits per heavy atom. The third-order valence-corrected chi connectivity index (χ3v) is 7.03. The van der Waals surface area contributed by atoms with Crippen molar-refractivity contribution in [2.75, 3.05) is 12.4 Å². The molecule has 0 saturated heterocycles. The van der Waals surface area contributed by atoms with Gasteiger partial charge in [0, 0.05) is 28.6 Å². The molecule has 2 aromatic heterocycles. The third kappa shape index (κ3) is 6.10. The number of hydrogen-bond donors (Lipinski definition) is 2. The molecule has 162 valence electrons. The van der Waals surface area contributed by atoms with E-state index < -0.39 is 0 Å². The summed E-state index contributed by atoms with van der Waals surface area (Å²) in [5.41, 5.74) is 5.38. The largest absolute Gasteiger partial charge is 0.359 e. The summed E-state index contributed by atoms with van der Waals surface area (Å²) in [6.07, 6.45) is 18.2. The van der Waals surface area contributed by atoms with Crippen LogP contribution >= 0.6 is 23.1 Å². The van der Waals surface area contributed by atoms with Crippen LogP contribution in [0, 0.1) is 12.8 Å². The minimum Gasteiger partial charge on any atom is -0.359 e. The molecule has 0 atom stereocenters. The van der Waals surface area contributed by atoms with Crippen molar-refractivity contribution in [2.24, 2.45) is 0 Å². The van der Waals surface area contributed by atoms with Crippen LogP contribution in [0.25, 0.3) is 10.2 Å². The number of aromatic nitrogens is 1. The number of pyridine rings is 1. The molecule has 0 amide bonds. The van der Waals surface area contributed by atoms with E-state index in [1.54, 1.807) is 0 Å². The molecule has 0 unspecified atom stereocenters. The van der Waals surface area contributed by atoms with Gasteiger partial charge in [-0.15, -0.1) is 35.9 Å². The van der Waals surface area contributed by atoms with E-state index in [-0.39, 0.29) is 0 Å². The number of carbonyl (C=O) groups excluding carboxylic acids is 1. The average Bonchev–Trinajstić information content (AvgIpc) is 3.04. The number of aryl methyl sites for hydroxylation is 1. The number of hydrogen-bond acceptors (Lipinski definition) is 6. The number of thiophene rings is 1. The smallest absolute Gasteiger partial charge is 0.162 e. The van der Waals surface area contributed by atoms with E-state index >= 15 is 0 Å². The predicted molar refractivity (Wildman–Crippen MR) is 134 cm³/mol. The molecule has 4 nitrogen and oxygen atoms in total. The zero-order chi connectivity index (χ0) is 22.1. The zero-order valence-electron chi connectivity index (χ0n) is 18.5. The molecule has 0 bridgehead atoms. The number of fused-ring (bicyclic) bond motifs is 2. The van der Waals surface area contributed by atoms with Crippen molar-refractivity contribution >= 4 is 45.3 Å². The van der Waals surface area contributed by atoms with Crippen molar-refractivity contribution in [3.05, 3.63) is 33.3 Å². The van der Waals surface area contributed by atoms with Gasteiger partial charge in [-0.2, -0.15) is 0 Å². The van der Waals surface area contributed by atoms with Gasteiger partial charge in [-0.25, -0.2) is 4.98 Å². The number of aldehydes is 1. The highest BCUT2D eigenvalue weighted by atomic mass is 32.2. The Morgan fingerprint density at radius 2 is 1.80 bits per heavy atom. The summed E-state index contributed by atoms with van der Waals surface area (Å²) in [5, 5.41) is 9.67. The van der Waals surface area contributed by atoms with Crippen LogP contribution in [-0.4, -0.2) is 23.9 Å². The maximum atomic E-state index is 11.4. The highest BCUT2D eigenvalue weighted by molar-refractivity contribution is 8.01. The number of nitrogens with one attached hydrogen (secondary N) is 2. The first kappa shape index (κ1) is 24.5. The summed E-state index contributed by atoms with van der Waals surface area (Å²) in [6.45, 7) is 6.40. The number of rotatable bonds is 1. The topological polar surface area (TPSA) is 54.0 Å². The van der Waals surface area contributed by atoms with Crippen molar-refractivity contribution in [1.82, 2.24) is 10.3 Å². The van der Waals surface area contributed by atoms with Crippen LogP contribution < -0.4 is 10.6 Å². The Kier molecular flexibility index (Phi) is 9.41. The monoisotopic (exact) mass is 443 g/mol. The Morgan fingerprint density at radius 3 is 2.43 bits per heavy atom. The van der Waals surface area contributed by atoms with Crippen LogP contribution in [0.5, 0.6) is 0 Å². The number of terminal acetylenes is 1. The summed E-state index contributed by atoms with van der Waals surface area (Å²) < 4.78 is 0. The van der Waals surface area contributed by atoms with Gasteiger partial charge in [-0.3, -0.25) is 4.79 Å². The Labute approximate surface area is 189 Å². The maximum absolute atomic E-state index is 11.4. The molecule has 0 fully saturated rings. The molecule has 2 aromatic rings. The van der Waals surface area contributed by atoms with Crippen molar-refractivity contribution in [3.8, 4) is 12.8 Å². The van der Waals surface area contributed by atoms with Gasteiger partial charge in [0.2, 0.25) is 0 Å². The van der Waals surface area contributed by atoms with E-state index in [4.69, 9.17) is 4.98 Å². The first-order valence-electron chi connectivity index (χ1n) is 10.4. The highest BCUT2D eigenvalue weighted by Gasteiger charge is 2.22. The van der Waals surface area contributed by atoms with Crippen molar-refractivity contribution in [3.63, 3.8) is 0 Å². The fraction of sp³-hybridized carbons (Fsp3) is 0.500. The first-order chi connectivity index (χ1) is 14.4. The fourth-order valence-corrected chi connectivity index (χ4v) is 5.19. The maximum Gasteiger partial charge on any atom is 0.162 e. The lowest BCUT2D eigenvalue weighted by molar-refractivity contribution is 0.112. The first-order valence-corrected chi connectivity index (χ1v) is 12.3. The van der Waals surface area contributed by atoms with Gasteiger partial charge in [-0.1, -0.05) is 12.8 Å². The lowest BCUT2D eigenvalue weighted by Crippen LogP contribution is -2.31. The molecular formula is C24H33N3OS2. The Hall–Kier alpha value is -1.81. The van der Waals surface area contributed by atoms with Gasteiger partial charge in [0.05, 0.1) is 10.6 Å². The minimum atomic E-state index is 0.292. The SMILES string of the molecule is C#C.CNC(C)(C)C.O=Cc1sc2nc3c(c4c2c1N/C=C\SC4)CCCCCC3. The lowest BCUT2D eigenvalue weighted by Gasteiger charge is -2.19. The van der Waals surface area contributed by atoms with E-state index in [9.17, 15) is 4.79 Å². The van der Waals surface area contributed by atoms with E-state index in [0.717, 1.165) is 40.3 Å². The number of carbonyl (C=O) groups is 1.